The Morgan fingerprint density at radius 1 is 1.27 bits per heavy atom. The van der Waals surface area contributed by atoms with Crippen molar-refractivity contribution in [3.05, 3.63) is 47.6 Å². The molecule has 1 unspecified atom stereocenters. The highest BCUT2D eigenvalue weighted by atomic mass is 32.1. The molecule has 3 aromatic rings. The Morgan fingerprint density at radius 2 is 2.04 bits per heavy atom. The SMILES string of the molecule is CCCCN(C(=O)Cc1csc2nc(-c3ccccc3)cn12)C(C)CC. The van der Waals surface area contributed by atoms with E-state index in [9.17, 15) is 4.79 Å². The van der Waals surface area contributed by atoms with E-state index in [4.69, 9.17) is 4.98 Å². The van der Waals surface area contributed by atoms with Crippen LogP contribution in [0.3, 0.4) is 0 Å². The minimum Gasteiger partial charge on any atom is -0.340 e. The Balaban J connectivity index is 1.81. The van der Waals surface area contributed by atoms with Gasteiger partial charge in [0.2, 0.25) is 5.91 Å². The monoisotopic (exact) mass is 369 g/mol. The van der Waals surface area contributed by atoms with Crippen LogP contribution in [-0.4, -0.2) is 32.8 Å². The van der Waals surface area contributed by atoms with E-state index in [1.165, 1.54) is 0 Å². The lowest BCUT2D eigenvalue weighted by Gasteiger charge is -2.28. The summed E-state index contributed by atoms with van der Waals surface area (Å²) in [5, 5.41) is 2.06. The first kappa shape index (κ1) is 18.6. The zero-order valence-electron chi connectivity index (χ0n) is 15.8. The number of unbranched alkanes of at least 4 members (excludes halogenated alkanes) is 1. The molecule has 5 heteroatoms. The topological polar surface area (TPSA) is 37.6 Å². The van der Waals surface area contributed by atoms with Gasteiger partial charge in [-0.1, -0.05) is 50.6 Å². The van der Waals surface area contributed by atoms with Crippen LogP contribution < -0.4 is 0 Å². The summed E-state index contributed by atoms with van der Waals surface area (Å²) in [7, 11) is 0. The molecule has 1 atom stereocenters. The van der Waals surface area contributed by atoms with Crippen LogP contribution >= 0.6 is 11.3 Å². The fraction of sp³-hybridized carbons (Fsp3) is 0.429. The summed E-state index contributed by atoms with van der Waals surface area (Å²) in [6.45, 7) is 7.29. The van der Waals surface area contributed by atoms with Gasteiger partial charge < -0.3 is 4.90 Å². The number of fused-ring (bicyclic) bond motifs is 1. The molecule has 0 spiro atoms. The number of nitrogens with zero attached hydrogens (tertiary/aromatic N) is 3. The molecule has 138 valence electrons. The van der Waals surface area contributed by atoms with E-state index in [0.29, 0.717) is 6.42 Å². The maximum absolute atomic E-state index is 12.9. The van der Waals surface area contributed by atoms with E-state index in [1.807, 2.05) is 29.3 Å². The maximum Gasteiger partial charge on any atom is 0.228 e. The van der Waals surface area contributed by atoms with Crippen LogP contribution in [0.25, 0.3) is 16.2 Å². The molecule has 1 aromatic carbocycles. The molecule has 1 amide bonds. The Labute approximate surface area is 159 Å². The van der Waals surface area contributed by atoms with Crippen molar-refractivity contribution in [2.24, 2.45) is 0 Å². The molecule has 0 aliphatic rings. The quantitative estimate of drug-likeness (QED) is 0.558. The third-order valence-corrected chi connectivity index (χ3v) is 5.77. The third-order valence-electron chi connectivity index (χ3n) is 4.88. The molecule has 0 radical (unpaired) electrons. The fourth-order valence-corrected chi connectivity index (χ4v) is 3.97. The maximum atomic E-state index is 12.9. The highest BCUT2D eigenvalue weighted by molar-refractivity contribution is 7.15. The Kier molecular flexibility index (Phi) is 6.09. The van der Waals surface area contributed by atoms with Crippen molar-refractivity contribution in [3.63, 3.8) is 0 Å². The molecular weight excluding hydrogens is 342 g/mol. The van der Waals surface area contributed by atoms with Gasteiger partial charge in [0, 0.05) is 35.4 Å². The van der Waals surface area contributed by atoms with Gasteiger partial charge in [-0.25, -0.2) is 4.98 Å². The van der Waals surface area contributed by atoms with Gasteiger partial charge in [-0.3, -0.25) is 9.20 Å². The number of rotatable bonds is 8. The van der Waals surface area contributed by atoms with Gasteiger partial charge in [0.15, 0.2) is 4.96 Å². The largest absolute Gasteiger partial charge is 0.340 e. The number of thiazole rings is 1. The van der Waals surface area contributed by atoms with Gasteiger partial charge >= 0.3 is 0 Å². The average Bonchev–Trinajstić information content (AvgIpc) is 3.24. The van der Waals surface area contributed by atoms with Crippen LogP contribution in [0.5, 0.6) is 0 Å². The van der Waals surface area contributed by atoms with Crippen LogP contribution in [0.4, 0.5) is 0 Å². The number of amides is 1. The summed E-state index contributed by atoms with van der Waals surface area (Å²) in [6.07, 6.45) is 5.61. The Hall–Kier alpha value is -2.14. The van der Waals surface area contributed by atoms with Crippen molar-refractivity contribution in [2.75, 3.05) is 6.54 Å². The number of benzene rings is 1. The molecule has 26 heavy (non-hydrogen) atoms. The predicted molar refractivity (Wildman–Crippen MR) is 109 cm³/mol. The highest BCUT2D eigenvalue weighted by Gasteiger charge is 2.20. The number of carbonyl (C=O) groups is 1. The summed E-state index contributed by atoms with van der Waals surface area (Å²) in [5.74, 6) is 0.211. The lowest BCUT2D eigenvalue weighted by molar-refractivity contribution is -0.132. The van der Waals surface area contributed by atoms with Gasteiger partial charge in [0.1, 0.15) is 0 Å². The molecule has 0 saturated carbocycles. The summed E-state index contributed by atoms with van der Waals surface area (Å²) in [5.41, 5.74) is 3.08. The second-order valence-electron chi connectivity index (χ2n) is 6.75. The highest BCUT2D eigenvalue weighted by Crippen LogP contribution is 2.24. The molecule has 3 rings (SSSR count). The van der Waals surface area contributed by atoms with Gasteiger partial charge in [-0.15, -0.1) is 11.3 Å². The van der Waals surface area contributed by atoms with Gasteiger partial charge in [0.25, 0.3) is 0 Å². The molecule has 2 heterocycles. The number of hydrogen-bond donors (Lipinski definition) is 0. The first-order valence-electron chi connectivity index (χ1n) is 9.44. The second-order valence-corrected chi connectivity index (χ2v) is 7.58. The standard InChI is InChI=1S/C21H27N3OS/c1-4-6-12-23(16(3)5-2)20(25)13-18-15-26-21-22-19(14-24(18)21)17-10-8-7-9-11-17/h7-11,14-16H,4-6,12-13H2,1-3H3. The van der Waals surface area contributed by atoms with Crippen LogP contribution in [0, 0.1) is 0 Å². The van der Waals surface area contributed by atoms with E-state index in [0.717, 1.165) is 47.7 Å². The third kappa shape index (κ3) is 3.98. The van der Waals surface area contributed by atoms with E-state index in [2.05, 4.69) is 42.7 Å². The first-order chi connectivity index (χ1) is 12.6. The number of aromatic nitrogens is 2. The van der Waals surface area contributed by atoms with Crippen molar-refractivity contribution >= 4 is 22.2 Å². The normalized spacial score (nSPS) is 12.4. The molecule has 0 saturated heterocycles. The summed E-state index contributed by atoms with van der Waals surface area (Å²) >= 11 is 1.60. The average molecular weight is 370 g/mol. The van der Waals surface area contributed by atoms with Gasteiger partial charge in [-0.05, 0) is 19.8 Å². The summed E-state index contributed by atoms with van der Waals surface area (Å²) < 4.78 is 2.07. The van der Waals surface area contributed by atoms with E-state index < -0.39 is 0 Å². The van der Waals surface area contributed by atoms with Crippen molar-refractivity contribution in [2.45, 2.75) is 52.5 Å². The molecule has 0 aliphatic heterocycles. The fourth-order valence-electron chi connectivity index (χ4n) is 3.10. The van der Waals surface area contributed by atoms with Crippen LogP contribution in [-0.2, 0) is 11.2 Å². The zero-order chi connectivity index (χ0) is 18.5. The number of imidazole rings is 1. The first-order valence-corrected chi connectivity index (χ1v) is 10.3. The molecular formula is C21H27N3OS. The molecule has 0 aliphatic carbocycles. The molecule has 0 fully saturated rings. The summed E-state index contributed by atoms with van der Waals surface area (Å²) in [4.78, 5) is 20.6. The van der Waals surface area contributed by atoms with E-state index >= 15 is 0 Å². The Bertz CT molecular complexity index is 853. The van der Waals surface area contributed by atoms with Crippen LogP contribution in [0.1, 0.15) is 45.7 Å². The van der Waals surface area contributed by atoms with Crippen LogP contribution in [0.15, 0.2) is 41.9 Å². The molecule has 0 N–H and O–H groups in total. The lowest BCUT2D eigenvalue weighted by Crippen LogP contribution is -2.40. The second kappa shape index (κ2) is 8.49. The van der Waals surface area contributed by atoms with Crippen molar-refractivity contribution in [1.82, 2.24) is 14.3 Å². The predicted octanol–water partition coefficient (Wildman–Crippen LogP) is 5.03. The minimum atomic E-state index is 0.211. The lowest BCUT2D eigenvalue weighted by atomic mass is 10.1. The van der Waals surface area contributed by atoms with Crippen molar-refractivity contribution in [1.29, 1.82) is 0 Å². The molecule has 4 nitrogen and oxygen atoms in total. The number of hydrogen-bond acceptors (Lipinski definition) is 3. The summed E-state index contributed by atoms with van der Waals surface area (Å²) in [6, 6.07) is 10.5. The molecule has 0 bridgehead atoms. The van der Waals surface area contributed by atoms with E-state index in [1.54, 1.807) is 11.3 Å². The van der Waals surface area contributed by atoms with Gasteiger partial charge in [-0.2, -0.15) is 0 Å². The zero-order valence-corrected chi connectivity index (χ0v) is 16.6. The van der Waals surface area contributed by atoms with Crippen molar-refractivity contribution < 1.29 is 4.79 Å². The minimum absolute atomic E-state index is 0.211. The van der Waals surface area contributed by atoms with E-state index in [-0.39, 0.29) is 11.9 Å². The van der Waals surface area contributed by atoms with Crippen LogP contribution in [0.2, 0.25) is 0 Å². The van der Waals surface area contributed by atoms with Crippen molar-refractivity contribution in [3.8, 4) is 11.3 Å². The number of carbonyl (C=O) groups excluding carboxylic acids is 1. The Morgan fingerprint density at radius 3 is 2.73 bits per heavy atom. The van der Waals surface area contributed by atoms with Gasteiger partial charge in [0.05, 0.1) is 12.1 Å². The molecule has 2 aromatic heterocycles. The smallest absolute Gasteiger partial charge is 0.228 e.